The van der Waals surface area contributed by atoms with E-state index in [-0.39, 0.29) is 5.91 Å². The SMILES string of the molecule is O=C(c1ccncc1Br)N1CCCOC1. The fourth-order valence-corrected chi connectivity index (χ4v) is 1.90. The van der Waals surface area contributed by atoms with Crippen molar-refractivity contribution in [3.8, 4) is 0 Å². The summed E-state index contributed by atoms with van der Waals surface area (Å²) in [5, 5.41) is 0. The van der Waals surface area contributed by atoms with Gasteiger partial charge in [-0.2, -0.15) is 0 Å². The predicted molar refractivity (Wildman–Crippen MR) is 58.4 cm³/mol. The quantitative estimate of drug-likeness (QED) is 0.780. The summed E-state index contributed by atoms with van der Waals surface area (Å²) in [5.41, 5.74) is 0.635. The van der Waals surface area contributed by atoms with Crippen molar-refractivity contribution in [2.45, 2.75) is 6.42 Å². The van der Waals surface area contributed by atoms with Crippen molar-refractivity contribution in [3.63, 3.8) is 0 Å². The van der Waals surface area contributed by atoms with Gasteiger partial charge in [0.15, 0.2) is 0 Å². The van der Waals surface area contributed by atoms with E-state index in [1.165, 1.54) is 0 Å². The number of hydrogen-bond donors (Lipinski definition) is 0. The molecule has 1 aromatic rings. The Labute approximate surface area is 96.4 Å². The van der Waals surface area contributed by atoms with Crippen LogP contribution in [0.1, 0.15) is 16.8 Å². The molecule has 1 saturated heterocycles. The van der Waals surface area contributed by atoms with Gasteiger partial charge in [0.1, 0.15) is 6.73 Å². The van der Waals surface area contributed by atoms with E-state index in [0.717, 1.165) is 24.0 Å². The summed E-state index contributed by atoms with van der Waals surface area (Å²) in [5.74, 6) is -0.0102. The standard InChI is InChI=1S/C10H11BrN2O2/c11-9-6-12-3-2-8(9)10(14)13-4-1-5-15-7-13/h2-3,6H,1,4-5,7H2. The van der Waals surface area contributed by atoms with E-state index in [1.807, 2.05) is 0 Å². The van der Waals surface area contributed by atoms with Crippen LogP contribution in [0.2, 0.25) is 0 Å². The molecule has 2 rings (SSSR count). The molecule has 15 heavy (non-hydrogen) atoms. The number of aromatic nitrogens is 1. The molecule has 0 radical (unpaired) electrons. The summed E-state index contributed by atoms with van der Waals surface area (Å²) >= 11 is 3.31. The van der Waals surface area contributed by atoms with Gasteiger partial charge in [-0.3, -0.25) is 9.78 Å². The highest BCUT2D eigenvalue weighted by molar-refractivity contribution is 9.10. The second-order valence-corrected chi connectivity index (χ2v) is 4.17. The van der Waals surface area contributed by atoms with Crippen LogP contribution in [0.15, 0.2) is 22.9 Å². The second-order valence-electron chi connectivity index (χ2n) is 3.32. The minimum Gasteiger partial charge on any atom is -0.361 e. The van der Waals surface area contributed by atoms with Gasteiger partial charge < -0.3 is 9.64 Å². The average molecular weight is 271 g/mol. The topological polar surface area (TPSA) is 42.4 Å². The van der Waals surface area contributed by atoms with Crippen LogP contribution in [-0.2, 0) is 4.74 Å². The molecule has 0 unspecified atom stereocenters. The smallest absolute Gasteiger partial charge is 0.256 e. The van der Waals surface area contributed by atoms with Gasteiger partial charge in [-0.25, -0.2) is 0 Å². The van der Waals surface area contributed by atoms with Crippen LogP contribution < -0.4 is 0 Å². The van der Waals surface area contributed by atoms with Gasteiger partial charge in [0.2, 0.25) is 0 Å². The van der Waals surface area contributed by atoms with Crippen LogP contribution >= 0.6 is 15.9 Å². The molecule has 1 amide bonds. The number of ether oxygens (including phenoxy) is 1. The number of carbonyl (C=O) groups excluding carboxylic acids is 1. The molecule has 80 valence electrons. The lowest BCUT2D eigenvalue weighted by molar-refractivity contribution is -0.00576. The minimum absolute atomic E-state index is 0.0102. The Kier molecular flexibility index (Phi) is 3.33. The van der Waals surface area contributed by atoms with Crippen molar-refractivity contribution in [1.82, 2.24) is 9.88 Å². The number of amides is 1. The van der Waals surface area contributed by atoms with Crippen LogP contribution in [0, 0.1) is 0 Å². The molecule has 0 saturated carbocycles. The van der Waals surface area contributed by atoms with E-state index in [1.54, 1.807) is 23.4 Å². The van der Waals surface area contributed by atoms with Crippen molar-refractivity contribution >= 4 is 21.8 Å². The molecule has 1 aliphatic rings. The maximum Gasteiger partial charge on any atom is 0.256 e. The molecular formula is C10H11BrN2O2. The zero-order valence-corrected chi connectivity index (χ0v) is 9.74. The van der Waals surface area contributed by atoms with Crippen LogP contribution in [-0.4, -0.2) is 35.7 Å². The summed E-state index contributed by atoms with van der Waals surface area (Å²) in [4.78, 5) is 17.6. The Bertz CT molecular complexity index is 364. The van der Waals surface area contributed by atoms with Gasteiger partial charge in [0.25, 0.3) is 5.91 Å². The van der Waals surface area contributed by atoms with Crippen LogP contribution in [0.4, 0.5) is 0 Å². The number of halogens is 1. The lowest BCUT2D eigenvalue weighted by atomic mass is 10.2. The Balaban J connectivity index is 2.16. The molecule has 0 atom stereocenters. The third-order valence-electron chi connectivity index (χ3n) is 2.25. The van der Waals surface area contributed by atoms with Gasteiger partial charge in [-0.1, -0.05) is 0 Å². The molecule has 1 aromatic heterocycles. The van der Waals surface area contributed by atoms with E-state index in [9.17, 15) is 4.79 Å². The molecule has 0 spiro atoms. The normalized spacial score (nSPS) is 16.5. The molecule has 2 heterocycles. The highest BCUT2D eigenvalue weighted by atomic mass is 79.9. The number of rotatable bonds is 1. The predicted octanol–water partition coefficient (Wildman–Crippen LogP) is 1.66. The Morgan fingerprint density at radius 3 is 3.13 bits per heavy atom. The van der Waals surface area contributed by atoms with Crippen LogP contribution in [0.5, 0.6) is 0 Å². The summed E-state index contributed by atoms with van der Waals surface area (Å²) in [6, 6.07) is 1.71. The highest BCUT2D eigenvalue weighted by Gasteiger charge is 2.20. The number of nitrogens with zero attached hydrogens (tertiary/aromatic N) is 2. The average Bonchev–Trinajstić information content (AvgIpc) is 2.30. The molecule has 4 nitrogen and oxygen atoms in total. The fourth-order valence-electron chi connectivity index (χ4n) is 1.48. The van der Waals surface area contributed by atoms with Crippen molar-refractivity contribution in [3.05, 3.63) is 28.5 Å². The van der Waals surface area contributed by atoms with E-state index in [2.05, 4.69) is 20.9 Å². The van der Waals surface area contributed by atoms with E-state index < -0.39 is 0 Å². The zero-order valence-electron chi connectivity index (χ0n) is 8.15. The van der Waals surface area contributed by atoms with Gasteiger partial charge >= 0.3 is 0 Å². The van der Waals surface area contributed by atoms with Gasteiger partial charge in [-0.15, -0.1) is 0 Å². The first-order valence-corrected chi connectivity index (χ1v) is 5.55. The lowest BCUT2D eigenvalue weighted by Crippen LogP contribution is -2.38. The third kappa shape index (κ3) is 2.35. The first-order chi connectivity index (χ1) is 7.29. The third-order valence-corrected chi connectivity index (χ3v) is 2.89. The summed E-state index contributed by atoms with van der Waals surface area (Å²) in [7, 11) is 0. The maximum absolute atomic E-state index is 12.0. The molecule has 0 aliphatic carbocycles. The van der Waals surface area contributed by atoms with E-state index >= 15 is 0 Å². The second kappa shape index (κ2) is 4.72. The Morgan fingerprint density at radius 2 is 2.47 bits per heavy atom. The Hall–Kier alpha value is -0.940. The molecular weight excluding hydrogens is 260 g/mol. The van der Waals surface area contributed by atoms with E-state index in [0.29, 0.717) is 12.3 Å². The van der Waals surface area contributed by atoms with Gasteiger partial charge in [-0.05, 0) is 28.4 Å². The number of pyridine rings is 1. The molecule has 1 aliphatic heterocycles. The molecule has 1 fully saturated rings. The molecule has 0 aromatic carbocycles. The monoisotopic (exact) mass is 270 g/mol. The maximum atomic E-state index is 12.0. The van der Waals surface area contributed by atoms with Gasteiger partial charge in [0, 0.05) is 23.4 Å². The van der Waals surface area contributed by atoms with E-state index in [4.69, 9.17) is 4.74 Å². The van der Waals surface area contributed by atoms with Crippen molar-refractivity contribution in [2.24, 2.45) is 0 Å². The van der Waals surface area contributed by atoms with Crippen molar-refractivity contribution < 1.29 is 9.53 Å². The summed E-state index contributed by atoms with van der Waals surface area (Å²) in [6.07, 6.45) is 4.13. The largest absolute Gasteiger partial charge is 0.361 e. The van der Waals surface area contributed by atoms with Crippen LogP contribution in [0.25, 0.3) is 0 Å². The fraction of sp³-hybridized carbons (Fsp3) is 0.400. The lowest BCUT2D eigenvalue weighted by Gasteiger charge is -2.26. The first kappa shape index (κ1) is 10.6. The first-order valence-electron chi connectivity index (χ1n) is 4.75. The zero-order chi connectivity index (χ0) is 10.7. The minimum atomic E-state index is -0.0102. The number of carbonyl (C=O) groups is 1. The molecule has 5 heteroatoms. The molecule has 0 N–H and O–H groups in total. The van der Waals surface area contributed by atoms with Crippen molar-refractivity contribution in [2.75, 3.05) is 19.9 Å². The van der Waals surface area contributed by atoms with Crippen molar-refractivity contribution in [1.29, 1.82) is 0 Å². The number of hydrogen-bond acceptors (Lipinski definition) is 3. The molecule has 0 bridgehead atoms. The summed E-state index contributed by atoms with van der Waals surface area (Å²) < 4.78 is 5.96. The van der Waals surface area contributed by atoms with Crippen LogP contribution in [0.3, 0.4) is 0 Å². The Morgan fingerprint density at radius 1 is 1.60 bits per heavy atom. The highest BCUT2D eigenvalue weighted by Crippen LogP contribution is 2.17. The van der Waals surface area contributed by atoms with Gasteiger partial charge in [0.05, 0.1) is 12.2 Å². The summed E-state index contributed by atoms with van der Waals surface area (Å²) in [6.45, 7) is 1.88.